The Hall–Kier alpha value is -1.36. The minimum Gasteiger partial charge on any atom is -0.374 e. The molecule has 0 saturated carbocycles. The van der Waals surface area contributed by atoms with Gasteiger partial charge >= 0.3 is 0 Å². The van der Waals surface area contributed by atoms with Crippen LogP contribution in [0.4, 0.5) is 0 Å². The van der Waals surface area contributed by atoms with Crippen LogP contribution in [0.15, 0.2) is 18.2 Å². The number of aromatic nitrogens is 1. The van der Waals surface area contributed by atoms with E-state index < -0.39 is 5.72 Å². The quantitative estimate of drug-likeness (QED) is 0.919. The molecule has 0 amide bonds. The molecule has 2 aliphatic rings. The fourth-order valence-electron chi connectivity index (χ4n) is 4.50. The monoisotopic (exact) mass is 327 g/mol. The Bertz CT molecular complexity index is 766. The molecule has 4 nitrogen and oxygen atoms in total. The average Bonchev–Trinajstić information content (AvgIpc) is 2.92. The highest BCUT2D eigenvalue weighted by Crippen LogP contribution is 2.34. The maximum atomic E-state index is 11.2. The highest BCUT2D eigenvalue weighted by atomic mass is 16.3. The molecule has 0 spiro atoms. The van der Waals surface area contributed by atoms with Gasteiger partial charge in [0, 0.05) is 42.7 Å². The molecule has 1 N–H and O–H groups in total. The standard InChI is InChI=1S/C20H29N3O/c1-15-5-6-18-17(13-15)16-7-11-21(2)12-8-19(16)23(18)14-20(24)9-4-10-22(20)3/h5-6,13,24H,4,7-12,14H2,1-3H3. The molecule has 1 atom stereocenters. The molecule has 4 rings (SSSR count). The first-order valence-electron chi connectivity index (χ1n) is 9.21. The van der Waals surface area contributed by atoms with Crippen molar-refractivity contribution in [1.29, 1.82) is 0 Å². The van der Waals surface area contributed by atoms with E-state index in [2.05, 4.69) is 53.6 Å². The Morgan fingerprint density at radius 1 is 1.12 bits per heavy atom. The second-order valence-corrected chi connectivity index (χ2v) is 7.84. The molecule has 3 heterocycles. The molecular weight excluding hydrogens is 298 g/mol. The van der Waals surface area contributed by atoms with Crippen LogP contribution in [0.3, 0.4) is 0 Å². The van der Waals surface area contributed by atoms with Gasteiger partial charge in [-0.25, -0.2) is 0 Å². The van der Waals surface area contributed by atoms with E-state index in [4.69, 9.17) is 0 Å². The lowest BCUT2D eigenvalue weighted by atomic mass is 10.1. The number of hydrogen-bond donors (Lipinski definition) is 1. The van der Waals surface area contributed by atoms with Crippen molar-refractivity contribution in [2.75, 3.05) is 33.7 Å². The number of nitrogens with zero attached hydrogens (tertiary/aromatic N) is 3. The van der Waals surface area contributed by atoms with E-state index in [9.17, 15) is 5.11 Å². The number of fused-ring (bicyclic) bond motifs is 3. The number of benzene rings is 1. The van der Waals surface area contributed by atoms with Crippen molar-refractivity contribution < 1.29 is 5.11 Å². The molecule has 0 radical (unpaired) electrons. The SMILES string of the molecule is Cc1ccc2c(c1)c1c(n2CC2(O)CCCN2C)CCN(C)CC1. The average molecular weight is 327 g/mol. The summed E-state index contributed by atoms with van der Waals surface area (Å²) >= 11 is 0. The van der Waals surface area contributed by atoms with Crippen LogP contribution in [0.1, 0.15) is 29.7 Å². The number of aryl methyl sites for hydroxylation is 1. The van der Waals surface area contributed by atoms with E-state index in [0.717, 1.165) is 45.3 Å². The Kier molecular flexibility index (Phi) is 3.94. The van der Waals surface area contributed by atoms with Crippen molar-refractivity contribution in [2.24, 2.45) is 0 Å². The van der Waals surface area contributed by atoms with Crippen molar-refractivity contribution in [2.45, 2.75) is 44.9 Å². The second kappa shape index (κ2) is 5.87. The lowest BCUT2D eigenvalue weighted by Crippen LogP contribution is -2.45. The predicted molar refractivity (Wildman–Crippen MR) is 98.4 cm³/mol. The third-order valence-corrected chi connectivity index (χ3v) is 6.11. The Morgan fingerprint density at radius 2 is 1.92 bits per heavy atom. The lowest BCUT2D eigenvalue weighted by molar-refractivity contribution is -0.0795. The number of likely N-dealkylation sites (N-methyl/N-ethyl adjacent to an activating group) is 2. The molecule has 4 heteroatoms. The van der Waals surface area contributed by atoms with Crippen molar-refractivity contribution in [1.82, 2.24) is 14.4 Å². The summed E-state index contributed by atoms with van der Waals surface area (Å²) in [6.45, 7) is 6.05. The molecule has 2 aliphatic heterocycles. The van der Waals surface area contributed by atoms with Gasteiger partial charge in [0.15, 0.2) is 0 Å². The summed E-state index contributed by atoms with van der Waals surface area (Å²) < 4.78 is 2.42. The zero-order chi connectivity index (χ0) is 16.9. The topological polar surface area (TPSA) is 31.6 Å². The maximum absolute atomic E-state index is 11.2. The van der Waals surface area contributed by atoms with Gasteiger partial charge in [0.25, 0.3) is 0 Å². The van der Waals surface area contributed by atoms with Crippen LogP contribution in [0.2, 0.25) is 0 Å². The minimum absolute atomic E-state index is 0.683. The lowest BCUT2D eigenvalue weighted by Gasteiger charge is -2.32. The summed E-state index contributed by atoms with van der Waals surface area (Å²) in [6, 6.07) is 6.78. The summed E-state index contributed by atoms with van der Waals surface area (Å²) in [6.07, 6.45) is 4.12. The highest BCUT2D eigenvalue weighted by Gasteiger charge is 2.38. The summed E-state index contributed by atoms with van der Waals surface area (Å²) in [5.74, 6) is 0. The van der Waals surface area contributed by atoms with E-state index in [1.165, 1.54) is 27.7 Å². The molecule has 1 fully saturated rings. The maximum Gasteiger partial charge on any atom is 0.136 e. The van der Waals surface area contributed by atoms with E-state index in [-0.39, 0.29) is 0 Å². The van der Waals surface area contributed by atoms with Crippen LogP contribution in [0.5, 0.6) is 0 Å². The molecule has 130 valence electrons. The third kappa shape index (κ3) is 2.57. The smallest absolute Gasteiger partial charge is 0.136 e. The first-order valence-corrected chi connectivity index (χ1v) is 9.21. The van der Waals surface area contributed by atoms with Crippen molar-refractivity contribution in [3.05, 3.63) is 35.0 Å². The van der Waals surface area contributed by atoms with Crippen molar-refractivity contribution in [3.8, 4) is 0 Å². The zero-order valence-electron chi connectivity index (χ0n) is 15.2. The molecule has 1 unspecified atom stereocenters. The van der Waals surface area contributed by atoms with Gasteiger partial charge in [-0.3, -0.25) is 4.90 Å². The third-order valence-electron chi connectivity index (χ3n) is 6.11. The first kappa shape index (κ1) is 16.1. The number of aliphatic hydroxyl groups is 1. The first-order chi connectivity index (χ1) is 11.5. The summed E-state index contributed by atoms with van der Waals surface area (Å²) in [5.41, 5.74) is 4.85. The summed E-state index contributed by atoms with van der Waals surface area (Å²) in [7, 11) is 4.26. The normalized spacial score (nSPS) is 26.0. The number of likely N-dealkylation sites (tertiary alicyclic amines) is 1. The molecule has 1 saturated heterocycles. The van der Waals surface area contributed by atoms with E-state index in [1.54, 1.807) is 0 Å². The molecule has 0 aliphatic carbocycles. The largest absolute Gasteiger partial charge is 0.374 e. The number of hydrogen-bond acceptors (Lipinski definition) is 3. The van der Waals surface area contributed by atoms with Crippen LogP contribution in [-0.2, 0) is 19.4 Å². The molecule has 1 aromatic carbocycles. The van der Waals surface area contributed by atoms with Crippen LogP contribution in [0, 0.1) is 6.92 Å². The van der Waals surface area contributed by atoms with Gasteiger partial charge in [-0.2, -0.15) is 0 Å². The second-order valence-electron chi connectivity index (χ2n) is 7.84. The Balaban J connectivity index is 1.85. The fraction of sp³-hybridized carbons (Fsp3) is 0.600. The Morgan fingerprint density at radius 3 is 2.67 bits per heavy atom. The highest BCUT2D eigenvalue weighted by molar-refractivity contribution is 5.86. The molecular formula is C20H29N3O. The van der Waals surface area contributed by atoms with E-state index in [1.807, 2.05) is 0 Å². The van der Waals surface area contributed by atoms with Gasteiger partial charge in [-0.1, -0.05) is 11.6 Å². The van der Waals surface area contributed by atoms with Gasteiger partial charge in [0.2, 0.25) is 0 Å². The van der Waals surface area contributed by atoms with Crippen LogP contribution in [0.25, 0.3) is 10.9 Å². The van der Waals surface area contributed by atoms with E-state index >= 15 is 0 Å². The van der Waals surface area contributed by atoms with Gasteiger partial charge < -0.3 is 14.6 Å². The fourth-order valence-corrected chi connectivity index (χ4v) is 4.50. The van der Waals surface area contributed by atoms with Gasteiger partial charge in [0.1, 0.15) is 5.72 Å². The molecule has 0 bridgehead atoms. The van der Waals surface area contributed by atoms with Crippen LogP contribution >= 0.6 is 0 Å². The van der Waals surface area contributed by atoms with Crippen LogP contribution in [-0.4, -0.2) is 58.9 Å². The van der Waals surface area contributed by atoms with E-state index in [0.29, 0.717) is 6.54 Å². The predicted octanol–water partition coefficient (Wildman–Crippen LogP) is 2.39. The molecule has 2 aromatic rings. The Labute approximate surface area is 144 Å². The van der Waals surface area contributed by atoms with Gasteiger partial charge in [-0.05, 0) is 58.0 Å². The van der Waals surface area contributed by atoms with Gasteiger partial charge in [-0.15, -0.1) is 0 Å². The summed E-state index contributed by atoms with van der Waals surface area (Å²) in [4.78, 5) is 4.55. The van der Waals surface area contributed by atoms with Crippen molar-refractivity contribution in [3.63, 3.8) is 0 Å². The molecule has 1 aromatic heterocycles. The van der Waals surface area contributed by atoms with Crippen molar-refractivity contribution >= 4 is 10.9 Å². The van der Waals surface area contributed by atoms with Crippen LogP contribution < -0.4 is 0 Å². The summed E-state index contributed by atoms with van der Waals surface area (Å²) in [5, 5.41) is 12.6. The minimum atomic E-state index is -0.706. The van der Waals surface area contributed by atoms with Gasteiger partial charge in [0.05, 0.1) is 6.54 Å². The number of rotatable bonds is 2. The molecule has 24 heavy (non-hydrogen) atoms. The zero-order valence-corrected chi connectivity index (χ0v) is 15.2.